The molecule has 0 bridgehead atoms. The van der Waals surface area contributed by atoms with E-state index in [1.807, 2.05) is 10.8 Å². The van der Waals surface area contributed by atoms with Gasteiger partial charge in [0.15, 0.2) is 0 Å². The average Bonchev–Trinajstić information content (AvgIpc) is 2.81. The van der Waals surface area contributed by atoms with Crippen molar-refractivity contribution in [1.29, 1.82) is 0 Å². The number of hydrogen-bond donors (Lipinski definition) is 1. The monoisotopic (exact) mass is 317 g/mol. The molecule has 1 heterocycles. The molecule has 0 aliphatic heterocycles. The molecule has 0 saturated carbocycles. The van der Waals surface area contributed by atoms with Crippen LogP contribution in [-0.2, 0) is 11.3 Å². The molecule has 4 nitrogen and oxygen atoms in total. The number of aromatic nitrogens is 2. The lowest BCUT2D eigenvalue weighted by molar-refractivity contribution is 0.190. The van der Waals surface area contributed by atoms with E-state index in [1.54, 1.807) is 13.3 Å². The minimum atomic E-state index is -0.478. The Labute approximate surface area is 126 Å². The van der Waals surface area contributed by atoms with E-state index in [2.05, 4.69) is 10.3 Å². The van der Waals surface area contributed by atoms with E-state index in [0.29, 0.717) is 18.2 Å². The number of nitrogens with one attached hydrogen (secondary N) is 1. The van der Waals surface area contributed by atoms with E-state index in [1.165, 1.54) is 12.1 Å². The largest absolute Gasteiger partial charge is 0.385 e. The maximum absolute atomic E-state index is 13.1. The summed E-state index contributed by atoms with van der Waals surface area (Å²) in [6.07, 6.45) is 4.36. The Kier molecular flexibility index (Phi) is 5.23. The Morgan fingerprint density at radius 1 is 1.35 bits per heavy atom. The van der Waals surface area contributed by atoms with Crippen molar-refractivity contribution in [1.82, 2.24) is 9.55 Å². The van der Waals surface area contributed by atoms with E-state index >= 15 is 0 Å². The van der Waals surface area contributed by atoms with Crippen LogP contribution in [-0.4, -0.2) is 23.3 Å². The molecule has 2 aromatic rings. The highest BCUT2D eigenvalue weighted by Crippen LogP contribution is 2.33. The van der Waals surface area contributed by atoms with Crippen molar-refractivity contribution < 1.29 is 9.13 Å². The molecular formula is C13H14Cl2FN3O. The third kappa shape index (κ3) is 3.62. The van der Waals surface area contributed by atoms with Gasteiger partial charge in [-0.3, -0.25) is 0 Å². The maximum atomic E-state index is 13.1. The van der Waals surface area contributed by atoms with Crippen LogP contribution in [0.2, 0.25) is 10.0 Å². The SMILES string of the molecule is COCCCn1ccnc1Nc1c(Cl)cc(F)cc1Cl. The highest BCUT2D eigenvalue weighted by Gasteiger charge is 2.11. The first kappa shape index (κ1) is 15.1. The lowest BCUT2D eigenvalue weighted by Gasteiger charge is -2.12. The van der Waals surface area contributed by atoms with Gasteiger partial charge in [-0.25, -0.2) is 9.37 Å². The molecule has 0 aliphatic rings. The summed E-state index contributed by atoms with van der Waals surface area (Å²) in [6.45, 7) is 1.41. The van der Waals surface area contributed by atoms with Crippen LogP contribution >= 0.6 is 23.2 Å². The van der Waals surface area contributed by atoms with Crippen molar-refractivity contribution in [3.05, 3.63) is 40.4 Å². The van der Waals surface area contributed by atoms with Gasteiger partial charge in [0, 0.05) is 32.7 Å². The third-order valence-electron chi connectivity index (χ3n) is 2.71. The number of aryl methyl sites for hydroxylation is 1. The first-order valence-corrected chi connectivity index (χ1v) is 6.79. The van der Waals surface area contributed by atoms with Gasteiger partial charge in [0.25, 0.3) is 0 Å². The molecule has 0 amide bonds. The quantitative estimate of drug-likeness (QED) is 0.815. The zero-order valence-electron chi connectivity index (χ0n) is 10.9. The highest BCUT2D eigenvalue weighted by molar-refractivity contribution is 6.39. The molecular weight excluding hydrogens is 304 g/mol. The van der Waals surface area contributed by atoms with Crippen molar-refractivity contribution in [3.8, 4) is 0 Å². The summed E-state index contributed by atoms with van der Waals surface area (Å²) in [6, 6.07) is 2.40. The summed E-state index contributed by atoms with van der Waals surface area (Å²) >= 11 is 12.0. The molecule has 0 radical (unpaired) electrons. The van der Waals surface area contributed by atoms with E-state index in [0.717, 1.165) is 13.0 Å². The Morgan fingerprint density at radius 2 is 2.05 bits per heavy atom. The fourth-order valence-corrected chi connectivity index (χ4v) is 2.32. The first-order valence-electron chi connectivity index (χ1n) is 6.03. The number of hydrogen-bond acceptors (Lipinski definition) is 3. The van der Waals surface area contributed by atoms with Crippen LogP contribution in [0.5, 0.6) is 0 Å². The van der Waals surface area contributed by atoms with Crippen LogP contribution in [0.3, 0.4) is 0 Å². The summed E-state index contributed by atoms with van der Waals surface area (Å²) in [7, 11) is 1.66. The molecule has 0 atom stereocenters. The molecule has 0 aliphatic carbocycles. The minimum absolute atomic E-state index is 0.210. The number of rotatable bonds is 6. The predicted octanol–water partition coefficient (Wildman–Crippen LogP) is 4.11. The number of ether oxygens (including phenoxy) is 1. The maximum Gasteiger partial charge on any atom is 0.207 e. The van der Waals surface area contributed by atoms with Crippen LogP contribution in [0.25, 0.3) is 0 Å². The van der Waals surface area contributed by atoms with Crippen LogP contribution in [0.4, 0.5) is 16.0 Å². The summed E-state index contributed by atoms with van der Waals surface area (Å²) in [5.74, 6) is 0.116. The Bertz CT molecular complexity index is 566. The van der Waals surface area contributed by atoms with Crippen LogP contribution < -0.4 is 5.32 Å². The summed E-state index contributed by atoms with van der Waals surface area (Å²) in [5, 5.41) is 3.44. The summed E-state index contributed by atoms with van der Waals surface area (Å²) < 4.78 is 20.1. The fraction of sp³-hybridized carbons (Fsp3) is 0.308. The predicted molar refractivity (Wildman–Crippen MR) is 78.4 cm³/mol. The molecule has 20 heavy (non-hydrogen) atoms. The van der Waals surface area contributed by atoms with Crippen LogP contribution in [0.15, 0.2) is 24.5 Å². The molecule has 2 rings (SSSR count). The van der Waals surface area contributed by atoms with Crippen LogP contribution in [0, 0.1) is 5.82 Å². The highest BCUT2D eigenvalue weighted by atomic mass is 35.5. The van der Waals surface area contributed by atoms with Gasteiger partial charge in [-0.05, 0) is 18.6 Å². The van der Waals surface area contributed by atoms with Gasteiger partial charge >= 0.3 is 0 Å². The van der Waals surface area contributed by atoms with Crippen molar-refractivity contribution in [2.24, 2.45) is 0 Å². The van der Waals surface area contributed by atoms with Gasteiger partial charge < -0.3 is 14.6 Å². The number of halogens is 3. The molecule has 0 unspecified atom stereocenters. The molecule has 1 aromatic heterocycles. The van der Waals surface area contributed by atoms with Crippen LogP contribution in [0.1, 0.15) is 6.42 Å². The van der Waals surface area contributed by atoms with Gasteiger partial charge in [-0.1, -0.05) is 23.2 Å². The molecule has 0 saturated heterocycles. The summed E-state index contributed by atoms with van der Waals surface area (Å²) in [5.41, 5.74) is 0.439. The first-order chi connectivity index (χ1) is 9.61. The molecule has 1 aromatic carbocycles. The Balaban J connectivity index is 2.16. The van der Waals surface area contributed by atoms with E-state index in [-0.39, 0.29) is 10.0 Å². The number of methoxy groups -OCH3 is 1. The van der Waals surface area contributed by atoms with Crippen molar-refractivity contribution in [3.63, 3.8) is 0 Å². The van der Waals surface area contributed by atoms with Gasteiger partial charge in [0.2, 0.25) is 5.95 Å². The second kappa shape index (κ2) is 6.92. The lowest BCUT2D eigenvalue weighted by atomic mass is 10.3. The lowest BCUT2D eigenvalue weighted by Crippen LogP contribution is -2.06. The molecule has 7 heteroatoms. The number of benzene rings is 1. The number of imidazole rings is 1. The molecule has 0 spiro atoms. The normalized spacial score (nSPS) is 10.8. The van der Waals surface area contributed by atoms with Gasteiger partial charge in [-0.2, -0.15) is 0 Å². The molecule has 108 valence electrons. The van der Waals surface area contributed by atoms with E-state index in [9.17, 15) is 4.39 Å². The van der Waals surface area contributed by atoms with Gasteiger partial charge in [-0.15, -0.1) is 0 Å². The van der Waals surface area contributed by atoms with E-state index in [4.69, 9.17) is 27.9 Å². The zero-order valence-corrected chi connectivity index (χ0v) is 12.4. The topological polar surface area (TPSA) is 39.1 Å². The van der Waals surface area contributed by atoms with E-state index < -0.39 is 5.82 Å². The van der Waals surface area contributed by atoms with Crippen molar-refractivity contribution in [2.75, 3.05) is 19.0 Å². The number of nitrogens with zero attached hydrogens (tertiary/aromatic N) is 2. The second-order valence-electron chi connectivity index (χ2n) is 4.16. The third-order valence-corrected chi connectivity index (χ3v) is 3.30. The Hall–Kier alpha value is -1.30. The van der Waals surface area contributed by atoms with Crippen molar-refractivity contribution >= 4 is 34.8 Å². The number of anilines is 2. The van der Waals surface area contributed by atoms with Gasteiger partial charge in [0.1, 0.15) is 5.82 Å². The zero-order chi connectivity index (χ0) is 14.5. The molecule has 0 fully saturated rings. The standard InChI is InChI=1S/C13H14Cl2FN3O/c1-20-6-2-4-19-5-3-17-13(19)18-12-10(14)7-9(16)8-11(12)15/h3,5,7-8H,2,4,6H2,1H3,(H,17,18). The summed E-state index contributed by atoms with van der Waals surface area (Å²) in [4.78, 5) is 4.19. The van der Waals surface area contributed by atoms with Crippen molar-refractivity contribution in [2.45, 2.75) is 13.0 Å². The van der Waals surface area contributed by atoms with Gasteiger partial charge in [0.05, 0.1) is 15.7 Å². The molecule has 1 N–H and O–H groups in total. The minimum Gasteiger partial charge on any atom is -0.385 e. The average molecular weight is 318 g/mol. The fourth-order valence-electron chi connectivity index (χ4n) is 1.77. The Morgan fingerprint density at radius 3 is 2.70 bits per heavy atom. The smallest absolute Gasteiger partial charge is 0.207 e. The second-order valence-corrected chi connectivity index (χ2v) is 4.97.